The SMILES string of the molecule is COCCn1cccc1[C@H]1[C@H](c2ccccn2)NC(=S)N1c1ccc(NS(C)(=O)=O)c(OC)c1. The summed E-state index contributed by atoms with van der Waals surface area (Å²) >= 11 is 5.78. The maximum absolute atomic E-state index is 11.8. The Morgan fingerprint density at radius 3 is 2.68 bits per heavy atom. The standard InChI is InChI=1S/C23H27N5O4S2/c1-31-14-13-27-12-6-8-19(27)22-21(18-7-4-5-11-24-18)25-23(33)28(22)16-9-10-17(20(15-16)32-2)26-34(3,29)30/h4-12,15,21-22,26H,13-14H2,1-3H3,(H,25,33)/t21-,22-/m0/s1. The molecule has 0 spiro atoms. The van der Waals surface area contributed by atoms with Crippen LogP contribution in [0.25, 0.3) is 0 Å². The van der Waals surface area contributed by atoms with Crippen molar-refractivity contribution < 1.29 is 17.9 Å². The summed E-state index contributed by atoms with van der Waals surface area (Å²) in [6, 6.07) is 14.7. The summed E-state index contributed by atoms with van der Waals surface area (Å²) in [7, 11) is -0.289. The van der Waals surface area contributed by atoms with Gasteiger partial charge in [-0.25, -0.2) is 8.42 Å². The maximum Gasteiger partial charge on any atom is 0.229 e. The largest absolute Gasteiger partial charge is 0.494 e. The van der Waals surface area contributed by atoms with Crippen LogP contribution >= 0.6 is 12.2 Å². The lowest BCUT2D eigenvalue weighted by Crippen LogP contribution is -2.30. The molecule has 1 aromatic carbocycles. The maximum atomic E-state index is 11.8. The predicted molar refractivity (Wildman–Crippen MR) is 136 cm³/mol. The van der Waals surface area contributed by atoms with Crippen LogP contribution in [0, 0.1) is 0 Å². The Bertz CT molecular complexity index is 1260. The summed E-state index contributed by atoms with van der Waals surface area (Å²) in [5, 5.41) is 3.96. The van der Waals surface area contributed by atoms with Crippen LogP contribution in [0.2, 0.25) is 0 Å². The van der Waals surface area contributed by atoms with E-state index in [4.69, 9.17) is 21.7 Å². The third-order valence-corrected chi connectivity index (χ3v) is 6.47. The second kappa shape index (κ2) is 10.00. The van der Waals surface area contributed by atoms with Crippen LogP contribution in [0.3, 0.4) is 0 Å². The topological polar surface area (TPSA) is 97.7 Å². The van der Waals surface area contributed by atoms with Crippen LogP contribution in [0.4, 0.5) is 11.4 Å². The number of hydrogen-bond donors (Lipinski definition) is 2. The summed E-state index contributed by atoms with van der Waals surface area (Å²) in [5.41, 5.74) is 3.01. The van der Waals surface area contributed by atoms with Crippen LogP contribution in [-0.4, -0.2) is 50.2 Å². The monoisotopic (exact) mass is 501 g/mol. The quantitative estimate of drug-likeness (QED) is 0.432. The minimum atomic E-state index is -3.46. The minimum Gasteiger partial charge on any atom is -0.494 e. The van der Waals surface area contributed by atoms with Gasteiger partial charge in [0.1, 0.15) is 11.8 Å². The number of rotatable bonds is 9. The van der Waals surface area contributed by atoms with Crippen molar-refractivity contribution in [2.75, 3.05) is 36.7 Å². The molecule has 0 unspecified atom stereocenters. The van der Waals surface area contributed by atoms with Gasteiger partial charge in [0.2, 0.25) is 10.0 Å². The smallest absolute Gasteiger partial charge is 0.229 e. The number of aromatic nitrogens is 2. The number of hydrogen-bond acceptors (Lipinski definition) is 6. The van der Waals surface area contributed by atoms with Crippen molar-refractivity contribution in [2.24, 2.45) is 0 Å². The van der Waals surface area contributed by atoms with E-state index in [1.165, 1.54) is 7.11 Å². The molecule has 0 aliphatic carbocycles. The zero-order valence-corrected chi connectivity index (χ0v) is 20.8. The molecule has 0 bridgehead atoms. The van der Waals surface area contributed by atoms with Crippen molar-refractivity contribution in [2.45, 2.75) is 18.6 Å². The van der Waals surface area contributed by atoms with Crippen molar-refractivity contribution in [3.8, 4) is 5.75 Å². The average Bonchev–Trinajstić information content (AvgIpc) is 3.41. The van der Waals surface area contributed by atoms with E-state index in [2.05, 4.69) is 25.7 Å². The van der Waals surface area contributed by atoms with E-state index in [9.17, 15) is 8.42 Å². The van der Waals surface area contributed by atoms with Gasteiger partial charge in [-0.3, -0.25) is 9.71 Å². The number of nitrogens with zero attached hydrogens (tertiary/aromatic N) is 3. The molecule has 9 nitrogen and oxygen atoms in total. The summed E-state index contributed by atoms with van der Waals surface area (Å²) in [6.07, 6.45) is 4.88. The van der Waals surface area contributed by atoms with Gasteiger partial charge >= 0.3 is 0 Å². The molecule has 3 aromatic rings. The van der Waals surface area contributed by atoms with Gasteiger partial charge in [-0.15, -0.1) is 0 Å². The highest BCUT2D eigenvalue weighted by Gasteiger charge is 2.42. The Hall–Kier alpha value is -3.15. The van der Waals surface area contributed by atoms with Crippen molar-refractivity contribution in [1.82, 2.24) is 14.9 Å². The molecule has 0 amide bonds. The number of ether oxygens (including phenoxy) is 2. The third kappa shape index (κ3) is 5.01. The Morgan fingerprint density at radius 1 is 1.18 bits per heavy atom. The van der Waals surface area contributed by atoms with Crippen LogP contribution < -0.4 is 19.7 Å². The van der Waals surface area contributed by atoms with Gasteiger partial charge in [-0.05, 0) is 48.6 Å². The molecule has 1 fully saturated rings. The fourth-order valence-electron chi connectivity index (χ4n) is 4.14. The molecule has 1 saturated heterocycles. The highest BCUT2D eigenvalue weighted by atomic mass is 32.2. The van der Waals surface area contributed by atoms with Gasteiger partial charge in [0, 0.05) is 43.5 Å². The van der Waals surface area contributed by atoms with Crippen molar-refractivity contribution >= 4 is 38.7 Å². The molecule has 0 saturated carbocycles. The molecule has 1 aliphatic heterocycles. The van der Waals surface area contributed by atoms with Gasteiger partial charge in [-0.1, -0.05) is 6.07 Å². The molecule has 0 radical (unpaired) electrons. The highest BCUT2D eigenvalue weighted by molar-refractivity contribution is 7.92. The van der Waals surface area contributed by atoms with Crippen molar-refractivity contribution in [1.29, 1.82) is 0 Å². The molecule has 2 aromatic heterocycles. The molecular formula is C23H27N5O4S2. The van der Waals surface area contributed by atoms with E-state index in [1.807, 2.05) is 41.4 Å². The lowest BCUT2D eigenvalue weighted by molar-refractivity contribution is 0.186. The number of benzene rings is 1. The average molecular weight is 502 g/mol. The lowest BCUT2D eigenvalue weighted by atomic mass is 10.0. The van der Waals surface area contributed by atoms with Crippen LogP contribution in [-0.2, 0) is 21.3 Å². The number of sulfonamides is 1. The van der Waals surface area contributed by atoms with Gasteiger partial charge in [0.05, 0.1) is 37.4 Å². The first-order valence-electron chi connectivity index (χ1n) is 10.6. The number of methoxy groups -OCH3 is 2. The molecule has 1 aliphatic rings. The molecule has 180 valence electrons. The molecule has 2 N–H and O–H groups in total. The van der Waals surface area contributed by atoms with E-state index in [0.29, 0.717) is 29.7 Å². The van der Waals surface area contributed by atoms with E-state index in [0.717, 1.165) is 23.3 Å². The first kappa shape index (κ1) is 24.0. The Kier molecular flexibility index (Phi) is 7.05. The Labute approximate surface area is 204 Å². The molecule has 34 heavy (non-hydrogen) atoms. The zero-order chi connectivity index (χ0) is 24.3. The van der Waals surface area contributed by atoms with Crippen molar-refractivity contribution in [3.05, 3.63) is 72.3 Å². The van der Waals surface area contributed by atoms with Gasteiger partial charge in [0.25, 0.3) is 0 Å². The van der Waals surface area contributed by atoms with E-state index < -0.39 is 10.0 Å². The third-order valence-electron chi connectivity index (χ3n) is 5.56. The normalized spacial score (nSPS) is 18.1. The van der Waals surface area contributed by atoms with E-state index in [-0.39, 0.29) is 12.1 Å². The summed E-state index contributed by atoms with van der Waals surface area (Å²) in [4.78, 5) is 6.59. The number of anilines is 2. The molecule has 11 heteroatoms. The summed E-state index contributed by atoms with van der Waals surface area (Å²) in [6.45, 7) is 1.26. The first-order valence-corrected chi connectivity index (χ1v) is 12.9. The van der Waals surface area contributed by atoms with E-state index in [1.54, 1.807) is 25.4 Å². The number of pyridine rings is 1. The summed E-state index contributed by atoms with van der Waals surface area (Å²) < 4.78 is 38.9. The number of thiocarbonyl (C=S) groups is 1. The summed E-state index contributed by atoms with van der Waals surface area (Å²) in [5.74, 6) is 0.389. The Morgan fingerprint density at radius 2 is 2.00 bits per heavy atom. The molecular weight excluding hydrogens is 474 g/mol. The molecule has 4 rings (SSSR count). The second-order valence-corrected chi connectivity index (χ2v) is 10.0. The van der Waals surface area contributed by atoms with Crippen LogP contribution in [0.15, 0.2) is 60.9 Å². The second-order valence-electron chi connectivity index (χ2n) is 7.87. The van der Waals surface area contributed by atoms with Crippen LogP contribution in [0.5, 0.6) is 5.75 Å². The Balaban J connectivity index is 1.80. The lowest BCUT2D eigenvalue weighted by Gasteiger charge is -2.29. The zero-order valence-electron chi connectivity index (χ0n) is 19.1. The molecule has 3 heterocycles. The minimum absolute atomic E-state index is 0.204. The fourth-order valence-corrected chi connectivity index (χ4v) is 5.05. The molecule has 2 atom stereocenters. The van der Waals surface area contributed by atoms with Gasteiger partial charge < -0.3 is 24.3 Å². The van der Waals surface area contributed by atoms with Gasteiger partial charge in [0.15, 0.2) is 5.11 Å². The fraction of sp³-hybridized carbons (Fsp3) is 0.304. The predicted octanol–water partition coefficient (Wildman–Crippen LogP) is 3.09. The van der Waals surface area contributed by atoms with Crippen molar-refractivity contribution in [3.63, 3.8) is 0 Å². The van der Waals surface area contributed by atoms with Crippen LogP contribution in [0.1, 0.15) is 23.5 Å². The highest BCUT2D eigenvalue weighted by Crippen LogP contribution is 2.43. The first-order chi connectivity index (χ1) is 16.3. The van der Waals surface area contributed by atoms with Gasteiger partial charge in [-0.2, -0.15) is 0 Å². The number of nitrogens with one attached hydrogen (secondary N) is 2. The van der Waals surface area contributed by atoms with E-state index >= 15 is 0 Å².